The summed E-state index contributed by atoms with van der Waals surface area (Å²) in [6, 6.07) is 17.5. The zero-order valence-electron chi connectivity index (χ0n) is 16.0. The summed E-state index contributed by atoms with van der Waals surface area (Å²) in [5, 5.41) is 6.99. The number of hydrogen-bond donors (Lipinski definition) is 1. The van der Waals surface area contributed by atoms with Gasteiger partial charge in [-0.15, -0.1) is 0 Å². The largest absolute Gasteiger partial charge is 0.487 e. The summed E-state index contributed by atoms with van der Waals surface area (Å²) < 4.78 is 11.3. The summed E-state index contributed by atoms with van der Waals surface area (Å²) in [5.74, 6) is 2.57. The minimum Gasteiger partial charge on any atom is -0.487 e. The smallest absolute Gasteiger partial charge is 0.317 e. The van der Waals surface area contributed by atoms with Gasteiger partial charge in [-0.1, -0.05) is 35.5 Å². The maximum absolute atomic E-state index is 12.2. The van der Waals surface area contributed by atoms with Crippen LogP contribution in [0, 0.1) is 0 Å². The first-order valence-electron chi connectivity index (χ1n) is 9.92. The van der Waals surface area contributed by atoms with Gasteiger partial charge in [0.05, 0.1) is 13.1 Å². The molecule has 5 rings (SSSR count). The molecule has 1 saturated carbocycles. The Hall–Kier alpha value is -3.35. The number of ether oxygens (including phenoxy) is 1. The number of rotatable bonds is 6. The van der Waals surface area contributed by atoms with Crippen LogP contribution in [0.1, 0.15) is 30.2 Å². The van der Waals surface area contributed by atoms with Gasteiger partial charge in [-0.2, -0.15) is 4.98 Å². The van der Waals surface area contributed by atoms with E-state index < -0.39 is 0 Å². The molecule has 7 heteroatoms. The number of nitrogens with one attached hydrogen (secondary N) is 1. The molecular formula is C22H22N4O3. The van der Waals surface area contributed by atoms with E-state index in [1.165, 1.54) is 0 Å². The lowest BCUT2D eigenvalue weighted by Gasteiger charge is -2.38. The van der Waals surface area contributed by atoms with E-state index in [1.54, 1.807) is 4.90 Å². The number of carbonyl (C=O) groups is 1. The fraction of sp³-hybridized carbons (Fsp3) is 0.318. The van der Waals surface area contributed by atoms with E-state index in [0.29, 0.717) is 31.4 Å². The Labute approximate surface area is 168 Å². The number of amides is 2. The molecule has 2 amide bonds. The van der Waals surface area contributed by atoms with E-state index in [0.717, 1.165) is 35.6 Å². The maximum Gasteiger partial charge on any atom is 0.317 e. The van der Waals surface area contributed by atoms with Crippen LogP contribution in [-0.2, 0) is 6.54 Å². The molecule has 0 unspecified atom stereocenters. The number of hydrogen-bond acceptors (Lipinski definition) is 5. The van der Waals surface area contributed by atoms with E-state index in [4.69, 9.17) is 9.26 Å². The molecule has 1 saturated heterocycles. The molecule has 2 aliphatic rings. The predicted molar refractivity (Wildman–Crippen MR) is 106 cm³/mol. The minimum atomic E-state index is -0.0624. The van der Waals surface area contributed by atoms with Crippen LogP contribution in [-0.4, -0.2) is 40.3 Å². The third-order valence-corrected chi connectivity index (χ3v) is 5.21. The first-order valence-corrected chi connectivity index (χ1v) is 9.92. The normalized spacial score (nSPS) is 16.3. The molecule has 1 N–H and O–H groups in total. The molecule has 7 nitrogen and oxygen atoms in total. The lowest BCUT2D eigenvalue weighted by Crippen LogP contribution is -2.58. The Morgan fingerprint density at radius 1 is 1.10 bits per heavy atom. The molecule has 2 heterocycles. The monoisotopic (exact) mass is 390 g/mol. The van der Waals surface area contributed by atoms with Crippen LogP contribution >= 0.6 is 0 Å². The van der Waals surface area contributed by atoms with Crippen LogP contribution in [0.3, 0.4) is 0 Å². The molecule has 0 spiro atoms. The van der Waals surface area contributed by atoms with E-state index in [2.05, 4.69) is 15.5 Å². The fourth-order valence-corrected chi connectivity index (χ4v) is 3.29. The Bertz CT molecular complexity index is 977. The zero-order chi connectivity index (χ0) is 19.6. The molecule has 148 valence electrons. The third-order valence-electron chi connectivity index (χ3n) is 5.21. The summed E-state index contributed by atoms with van der Waals surface area (Å²) >= 11 is 0. The highest BCUT2D eigenvalue weighted by molar-refractivity contribution is 5.75. The van der Waals surface area contributed by atoms with Crippen molar-refractivity contribution in [3.63, 3.8) is 0 Å². The molecule has 1 aliphatic heterocycles. The van der Waals surface area contributed by atoms with Gasteiger partial charge >= 0.3 is 6.03 Å². The number of urea groups is 1. The van der Waals surface area contributed by atoms with Crippen molar-refractivity contribution >= 4 is 6.03 Å². The first-order chi connectivity index (χ1) is 14.2. The quantitative estimate of drug-likeness (QED) is 0.696. The average Bonchev–Trinajstić information content (AvgIpc) is 3.47. The summed E-state index contributed by atoms with van der Waals surface area (Å²) in [7, 11) is 0. The molecule has 29 heavy (non-hydrogen) atoms. The summed E-state index contributed by atoms with van der Waals surface area (Å²) in [6.45, 7) is 1.69. The second-order valence-corrected chi connectivity index (χ2v) is 7.54. The van der Waals surface area contributed by atoms with Gasteiger partial charge in [0.1, 0.15) is 11.9 Å². The van der Waals surface area contributed by atoms with Crippen LogP contribution in [0.4, 0.5) is 4.79 Å². The molecule has 1 aliphatic carbocycles. The van der Waals surface area contributed by atoms with Gasteiger partial charge in [0.15, 0.2) is 0 Å². The third kappa shape index (κ3) is 4.08. The number of carbonyl (C=O) groups excluding carboxylic acids is 1. The summed E-state index contributed by atoms with van der Waals surface area (Å²) in [4.78, 5) is 18.4. The van der Waals surface area contributed by atoms with Crippen LogP contribution in [0.15, 0.2) is 59.1 Å². The molecule has 3 aromatic rings. The number of benzene rings is 2. The van der Waals surface area contributed by atoms with Crippen LogP contribution in [0.5, 0.6) is 5.75 Å². The van der Waals surface area contributed by atoms with E-state index in [-0.39, 0.29) is 12.1 Å². The van der Waals surface area contributed by atoms with Crippen molar-refractivity contribution < 1.29 is 14.1 Å². The highest BCUT2D eigenvalue weighted by Crippen LogP contribution is 2.39. The fourth-order valence-electron chi connectivity index (χ4n) is 3.29. The molecule has 2 fully saturated rings. The van der Waals surface area contributed by atoms with Gasteiger partial charge in [-0.05, 0) is 42.7 Å². The highest BCUT2D eigenvalue weighted by atomic mass is 16.5. The van der Waals surface area contributed by atoms with Gasteiger partial charge in [0, 0.05) is 18.0 Å². The number of aromatic nitrogens is 2. The minimum absolute atomic E-state index is 0.00923. The van der Waals surface area contributed by atoms with Crippen LogP contribution in [0.2, 0.25) is 0 Å². The zero-order valence-corrected chi connectivity index (χ0v) is 16.0. The van der Waals surface area contributed by atoms with Gasteiger partial charge in [0.25, 0.3) is 0 Å². The summed E-state index contributed by atoms with van der Waals surface area (Å²) in [5.41, 5.74) is 1.99. The van der Waals surface area contributed by atoms with Gasteiger partial charge < -0.3 is 19.5 Å². The van der Waals surface area contributed by atoms with Crippen LogP contribution < -0.4 is 10.1 Å². The van der Waals surface area contributed by atoms with E-state index in [9.17, 15) is 4.79 Å². The predicted octanol–water partition coefficient (Wildman–Crippen LogP) is 3.59. The molecular weight excluding hydrogens is 368 g/mol. The molecule has 0 radical (unpaired) electrons. The Kier molecular flexibility index (Phi) is 4.63. The van der Waals surface area contributed by atoms with Crippen molar-refractivity contribution in [2.75, 3.05) is 13.1 Å². The Morgan fingerprint density at radius 2 is 1.86 bits per heavy atom. The van der Waals surface area contributed by atoms with E-state index in [1.807, 2.05) is 54.6 Å². The lowest BCUT2D eigenvalue weighted by molar-refractivity contribution is 0.0443. The maximum atomic E-state index is 12.2. The average molecular weight is 390 g/mol. The van der Waals surface area contributed by atoms with Gasteiger partial charge in [-0.25, -0.2) is 4.79 Å². The van der Waals surface area contributed by atoms with Crippen molar-refractivity contribution in [2.24, 2.45) is 0 Å². The number of nitrogens with zero attached hydrogens (tertiary/aromatic N) is 3. The van der Waals surface area contributed by atoms with Crippen LogP contribution in [0.25, 0.3) is 11.4 Å². The van der Waals surface area contributed by atoms with E-state index >= 15 is 0 Å². The second kappa shape index (κ2) is 7.58. The Balaban J connectivity index is 1.09. The molecule has 0 bridgehead atoms. The lowest BCUT2D eigenvalue weighted by atomic mass is 10.1. The van der Waals surface area contributed by atoms with Crippen molar-refractivity contribution in [2.45, 2.75) is 31.4 Å². The number of likely N-dealkylation sites (tertiary alicyclic amines) is 1. The van der Waals surface area contributed by atoms with Crippen molar-refractivity contribution in [3.8, 4) is 17.1 Å². The van der Waals surface area contributed by atoms with Crippen molar-refractivity contribution in [1.82, 2.24) is 20.4 Å². The topological polar surface area (TPSA) is 80.5 Å². The standard InChI is InChI=1S/C22H22N4O3/c27-22(23-12-15-4-2-1-3-5-15)26-13-19(14-26)28-18-10-8-16(9-11-18)20-24-21(29-25-20)17-6-7-17/h1-5,8-11,17,19H,6-7,12-14H2,(H,23,27). The molecule has 1 aromatic heterocycles. The summed E-state index contributed by atoms with van der Waals surface area (Å²) in [6.07, 6.45) is 2.28. The SMILES string of the molecule is O=C(NCc1ccccc1)N1CC(Oc2ccc(-c3noc(C4CC4)n3)cc2)C1. The highest BCUT2D eigenvalue weighted by Gasteiger charge is 2.32. The van der Waals surface area contributed by atoms with Crippen molar-refractivity contribution in [1.29, 1.82) is 0 Å². The molecule has 0 atom stereocenters. The molecule has 2 aromatic carbocycles. The Morgan fingerprint density at radius 3 is 2.59 bits per heavy atom. The van der Waals surface area contributed by atoms with Crippen molar-refractivity contribution in [3.05, 3.63) is 66.1 Å². The second-order valence-electron chi connectivity index (χ2n) is 7.54. The first kappa shape index (κ1) is 17.7. The van der Waals surface area contributed by atoms with Gasteiger partial charge in [-0.3, -0.25) is 0 Å². The van der Waals surface area contributed by atoms with Gasteiger partial charge in [0.2, 0.25) is 11.7 Å².